The molecule has 0 spiro atoms. The minimum atomic E-state index is -0.885. The van der Waals surface area contributed by atoms with Crippen molar-refractivity contribution < 1.29 is 14.7 Å². The summed E-state index contributed by atoms with van der Waals surface area (Å²) in [6.45, 7) is 8.31. The maximum atomic E-state index is 13.8. The van der Waals surface area contributed by atoms with Gasteiger partial charge in [0.15, 0.2) is 0 Å². The molecule has 5 aromatic rings. The van der Waals surface area contributed by atoms with Crippen molar-refractivity contribution in [3.63, 3.8) is 0 Å². The number of aliphatic hydroxyl groups excluding tert-OH is 1. The lowest BCUT2D eigenvalue weighted by Crippen LogP contribution is -2.42. The van der Waals surface area contributed by atoms with Crippen LogP contribution in [0.1, 0.15) is 69.2 Å². The van der Waals surface area contributed by atoms with E-state index in [0.717, 1.165) is 38.8 Å². The Balaban J connectivity index is 1.36. The molecule has 2 amide bonds. The fraction of sp³-hybridized carbons (Fsp3) is 0.282. The maximum Gasteiger partial charge on any atom is 0.254 e. The summed E-state index contributed by atoms with van der Waals surface area (Å²) in [5.41, 5.74) is 6.99. The van der Waals surface area contributed by atoms with Crippen LogP contribution in [0.3, 0.4) is 0 Å². The van der Waals surface area contributed by atoms with Gasteiger partial charge in [0.1, 0.15) is 5.01 Å². The molecule has 3 aromatic carbocycles. The van der Waals surface area contributed by atoms with Gasteiger partial charge in [-0.2, -0.15) is 0 Å². The number of anilines is 2. The number of hydrogen-bond donors (Lipinski definition) is 2. The average molecular weight is 696 g/mol. The van der Waals surface area contributed by atoms with Gasteiger partial charge in [0.2, 0.25) is 0 Å². The van der Waals surface area contributed by atoms with Crippen molar-refractivity contribution in [2.75, 3.05) is 19.0 Å². The summed E-state index contributed by atoms with van der Waals surface area (Å²) < 4.78 is 0. The minimum Gasteiger partial charge on any atom is -0.391 e. The zero-order valence-electron chi connectivity index (χ0n) is 28.6. The number of pyridine rings is 1. The summed E-state index contributed by atoms with van der Waals surface area (Å²) in [7, 11) is 3.70. The molecule has 0 aliphatic carbocycles. The fourth-order valence-corrected chi connectivity index (χ4v) is 6.58. The Labute approximate surface area is 297 Å². The third-order valence-electron chi connectivity index (χ3n) is 8.50. The number of thiazole rings is 1. The average Bonchev–Trinajstić information content (AvgIpc) is 3.51. The predicted octanol–water partition coefficient (Wildman–Crippen LogP) is 8.05. The number of benzene rings is 3. The fourth-order valence-electron chi connectivity index (χ4n) is 5.57. The molecular formula is C39H42ClN5O3S. The molecule has 0 radical (unpaired) electrons. The maximum absolute atomic E-state index is 13.8. The highest BCUT2D eigenvalue weighted by Crippen LogP contribution is 2.30. The van der Waals surface area contributed by atoms with Crippen LogP contribution in [0.5, 0.6) is 0 Å². The van der Waals surface area contributed by atoms with E-state index >= 15 is 0 Å². The van der Waals surface area contributed by atoms with Crippen molar-refractivity contribution in [3.8, 4) is 11.1 Å². The number of amides is 2. The molecule has 2 aromatic heterocycles. The second-order valence-electron chi connectivity index (χ2n) is 12.7. The standard InChI is InChI=1S/C39H42ClN5O3S/c1-24(2)32-18-34(21-41-20-32)45(6)35-13-8-7-10-28(35)19-36(46)26(4)43-38(47)30-14-29(27-11-9-12-33(40)17-27)15-31(16-30)39(48)44(5)22-37-42-25(3)23-49-37/h7-18,20-21,23-24,26,36,46H,19,22H2,1-6H3,(H,43,47)/t26-,36+/m0/s1. The molecule has 10 heteroatoms. The van der Waals surface area contributed by atoms with Gasteiger partial charge in [-0.05, 0) is 84.5 Å². The molecule has 254 valence electrons. The largest absolute Gasteiger partial charge is 0.391 e. The van der Waals surface area contributed by atoms with Crippen LogP contribution in [-0.4, -0.2) is 58.0 Å². The van der Waals surface area contributed by atoms with E-state index < -0.39 is 18.1 Å². The number of carbonyl (C=O) groups is 2. The third kappa shape index (κ3) is 8.92. The van der Waals surface area contributed by atoms with Crippen molar-refractivity contribution in [2.45, 2.75) is 58.7 Å². The van der Waals surface area contributed by atoms with Crippen LogP contribution in [-0.2, 0) is 13.0 Å². The van der Waals surface area contributed by atoms with Crippen molar-refractivity contribution in [2.24, 2.45) is 0 Å². The van der Waals surface area contributed by atoms with Gasteiger partial charge in [-0.25, -0.2) is 4.98 Å². The van der Waals surface area contributed by atoms with Gasteiger partial charge in [-0.3, -0.25) is 14.6 Å². The first-order chi connectivity index (χ1) is 23.4. The van der Waals surface area contributed by atoms with Gasteiger partial charge in [0.05, 0.1) is 30.6 Å². The number of aromatic nitrogens is 2. The van der Waals surface area contributed by atoms with E-state index in [4.69, 9.17) is 11.6 Å². The van der Waals surface area contributed by atoms with Gasteiger partial charge in [0, 0.05) is 59.6 Å². The van der Waals surface area contributed by atoms with Crippen LogP contribution < -0.4 is 10.2 Å². The Morgan fingerprint density at radius 3 is 2.41 bits per heavy atom. The van der Waals surface area contributed by atoms with Crippen LogP contribution in [0.25, 0.3) is 11.1 Å². The predicted molar refractivity (Wildman–Crippen MR) is 199 cm³/mol. The number of rotatable bonds is 12. The molecule has 0 bridgehead atoms. The van der Waals surface area contributed by atoms with E-state index in [-0.39, 0.29) is 5.91 Å². The third-order valence-corrected chi connectivity index (χ3v) is 9.69. The topological polar surface area (TPSA) is 98.7 Å². The van der Waals surface area contributed by atoms with Crippen LogP contribution in [0.2, 0.25) is 5.02 Å². The van der Waals surface area contributed by atoms with E-state index in [9.17, 15) is 14.7 Å². The lowest BCUT2D eigenvalue weighted by atomic mass is 9.97. The smallest absolute Gasteiger partial charge is 0.254 e. The Morgan fingerprint density at radius 2 is 1.69 bits per heavy atom. The van der Waals surface area contributed by atoms with Crippen molar-refractivity contribution in [1.82, 2.24) is 20.2 Å². The first kappa shape index (κ1) is 35.7. The van der Waals surface area contributed by atoms with Crippen LogP contribution >= 0.6 is 22.9 Å². The summed E-state index contributed by atoms with van der Waals surface area (Å²) in [5.74, 6) is -0.296. The number of aryl methyl sites for hydroxylation is 1. The van der Waals surface area contributed by atoms with E-state index in [0.29, 0.717) is 40.6 Å². The first-order valence-corrected chi connectivity index (χ1v) is 17.5. The Bertz CT molecular complexity index is 1940. The zero-order valence-corrected chi connectivity index (χ0v) is 30.2. The molecule has 0 unspecified atom stereocenters. The van der Waals surface area contributed by atoms with E-state index in [1.807, 2.05) is 68.1 Å². The van der Waals surface area contributed by atoms with E-state index in [1.54, 1.807) is 49.2 Å². The molecule has 2 N–H and O–H groups in total. The quantitative estimate of drug-likeness (QED) is 0.137. The highest BCUT2D eigenvalue weighted by Gasteiger charge is 2.23. The second kappa shape index (κ2) is 15.8. The molecule has 2 atom stereocenters. The van der Waals surface area contributed by atoms with Gasteiger partial charge in [-0.1, -0.05) is 55.8 Å². The Hall–Kier alpha value is -4.57. The monoisotopic (exact) mass is 695 g/mol. The van der Waals surface area contributed by atoms with Gasteiger partial charge in [-0.15, -0.1) is 11.3 Å². The van der Waals surface area contributed by atoms with E-state index in [2.05, 4.69) is 40.1 Å². The van der Waals surface area contributed by atoms with Gasteiger partial charge >= 0.3 is 0 Å². The molecule has 0 aliphatic heterocycles. The SMILES string of the molecule is Cc1csc(CN(C)C(=O)c2cc(C(=O)N[C@@H](C)[C@H](O)Cc3ccccc3N(C)c3cncc(C(C)C)c3)cc(-c3cccc(Cl)c3)c2)n1. The summed E-state index contributed by atoms with van der Waals surface area (Å²) in [5, 5.41) is 17.6. The summed E-state index contributed by atoms with van der Waals surface area (Å²) >= 11 is 7.80. The zero-order chi connectivity index (χ0) is 35.2. The van der Waals surface area contributed by atoms with Crippen LogP contribution in [0.4, 0.5) is 11.4 Å². The molecule has 0 saturated carbocycles. The summed E-state index contributed by atoms with van der Waals surface area (Å²) in [6, 6.07) is 21.8. The number of halogens is 1. The van der Waals surface area contributed by atoms with Crippen molar-refractivity contribution in [1.29, 1.82) is 0 Å². The molecule has 0 saturated heterocycles. The van der Waals surface area contributed by atoms with Gasteiger partial charge in [0.25, 0.3) is 11.8 Å². The summed E-state index contributed by atoms with van der Waals surface area (Å²) in [4.78, 5) is 40.0. The molecule has 2 heterocycles. The first-order valence-electron chi connectivity index (χ1n) is 16.2. The lowest BCUT2D eigenvalue weighted by molar-refractivity contribution is 0.0785. The minimum absolute atomic E-state index is 0.242. The Kier molecular flexibility index (Phi) is 11.5. The lowest BCUT2D eigenvalue weighted by Gasteiger charge is -2.26. The number of aliphatic hydroxyl groups is 1. The molecule has 0 aliphatic rings. The van der Waals surface area contributed by atoms with Crippen LogP contribution in [0, 0.1) is 6.92 Å². The van der Waals surface area contributed by atoms with Crippen LogP contribution in [0.15, 0.2) is 90.6 Å². The van der Waals surface area contributed by atoms with Crippen molar-refractivity contribution in [3.05, 3.63) is 129 Å². The highest BCUT2D eigenvalue weighted by molar-refractivity contribution is 7.09. The molecule has 8 nitrogen and oxygen atoms in total. The number of nitrogens with one attached hydrogen (secondary N) is 1. The molecule has 49 heavy (non-hydrogen) atoms. The summed E-state index contributed by atoms with van der Waals surface area (Å²) in [6.07, 6.45) is 3.14. The number of nitrogens with zero attached hydrogens (tertiary/aromatic N) is 4. The van der Waals surface area contributed by atoms with E-state index in [1.165, 1.54) is 11.3 Å². The molecule has 0 fully saturated rings. The molecule has 5 rings (SSSR count). The normalized spacial score (nSPS) is 12.4. The number of hydrogen-bond acceptors (Lipinski definition) is 7. The number of para-hydroxylation sites is 1. The van der Waals surface area contributed by atoms with Crippen molar-refractivity contribution >= 4 is 46.1 Å². The highest BCUT2D eigenvalue weighted by atomic mass is 35.5. The molecular weight excluding hydrogens is 654 g/mol. The second-order valence-corrected chi connectivity index (χ2v) is 14.1. The Morgan fingerprint density at radius 1 is 0.939 bits per heavy atom. The number of carbonyl (C=O) groups excluding carboxylic acids is 2. The van der Waals surface area contributed by atoms with Gasteiger partial charge < -0.3 is 20.2 Å².